The number of benzene rings is 2. The quantitative estimate of drug-likeness (QED) is 0.554. The van der Waals surface area contributed by atoms with Crippen molar-refractivity contribution in [1.29, 1.82) is 0 Å². The Kier molecular flexibility index (Phi) is 6.63. The summed E-state index contributed by atoms with van der Waals surface area (Å²) in [6.07, 6.45) is 3.41. The molecule has 2 aromatic carbocycles. The maximum Gasteiger partial charge on any atom is 0.189 e. The van der Waals surface area contributed by atoms with Crippen LogP contribution in [0.2, 0.25) is 0 Å². The smallest absolute Gasteiger partial charge is 0.189 e. The molecule has 0 bridgehead atoms. The molecule has 0 saturated carbocycles. The number of morpholine rings is 1. The van der Waals surface area contributed by atoms with Crippen LogP contribution in [0.15, 0.2) is 48.5 Å². The predicted octanol–water partition coefficient (Wildman–Crippen LogP) is 3.43. The molecular formula is C22H25NO4. The van der Waals surface area contributed by atoms with Crippen LogP contribution in [-0.4, -0.2) is 51.2 Å². The third kappa shape index (κ3) is 4.96. The second-order valence-electron chi connectivity index (χ2n) is 6.36. The second kappa shape index (κ2) is 9.35. The largest absolute Gasteiger partial charge is 0.496 e. The van der Waals surface area contributed by atoms with Crippen LogP contribution in [0.1, 0.15) is 21.5 Å². The monoisotopic (exact) mass is 367 g/mol. The average Bonchev–Trinajstić information content (AvgIpc) is 2.73. The van der Waals surface area contributed by atoms with Crippen LogP contribution in [0, 0.1) is 0 Å². The molecule has 5 heteroatoms. The van der Waals surface area contributed by atoms with E-state index >= 15 is 0 Å². The molecule has 1 aliphatic heterocycles. The van der Waals surface area contributed by atoms with Gasteiger partial charge in [0.05, 0.1) is 33.0 Å². The number of ketones is 1. The molecule has 1 aliphatic rings. The molecule has 2 aromatic rings. The van der Waals surface area contributed by atoms with E-state index in [1.54, 1.807) is 32.4 Å². The summed E-state index contributed by atoms with van der Waals surface area (Å²) in [7, 11) is 3.25. The minimum atomic E-state index is -0.0852. The van der Waals surface area contributed by atoms with Crippen LogP contribution in [0.25, 0.3) is 6.08 Å². The molecule has 0 amide bonds. The van der Waals surface area contributed by atoms with E-state index in [9.17, 15) is 4.79 Å². The fourth-order valence-corrected chi connectivity index (χ4v) is 3.14. The first-order chi connectivity index (χ1) is 13.2. The van der Waals surface area contributed by atoms with Gasteiger partial charge in [0.25, 0.3) is 0 Å². The van der Waals surface area contributed by atoms with Gasteiger partial charge in [0.15, 0.2) is 5.78 Å². The minimum absolute atomic E-state index is 0.0852. The van der Waals surface area contributed by atoms with Crippen molar-refractivity contribution in [3.63, 3.8) is 0 Å². The number of rotatable bonds is 7. The summed E-state index contributed by atoms with van der Waals surface area (Å²) in [5, 5.41) is 0. The molecule has 0 spiro atoms. The Morgan fingerprint density at radius 1 is 1.07 bits per heavy atom. The molecule has 0 N–H and O–H groups in total. The number of hydrogen-bond acceptors (Lipinski definition) is 5. The topological polar surface area (TPSA) is 48.0 Å². The Hall–Kier alpha value is -2.63. The molecule has 0 aromatic heterocycles. The van der Waals surface area contributed by atoms with E-state index in [1.807, 2.05) is 30.3 Å². The number of allylic oxidation sites excluding steroid dienone is 1. The van der Waals surface area contributed by atoms with Crippen LogP contribution >= 0.6 is 0 Å². The van der Waals surface area contributed by atoms with Crippen molar-refractivity contribution < 1.29 is 19.0 Å². The summed E-state index contributed by atoms with van der Waals surface area (Å²) in [6, 6.07) is 13.2. The Morgan fingerprint density at radius 2 is 1.81 bits per heavy atom. The van der Waals surface area contributed by atoms with Crippen molar-refractivity contribution in [3.8, 4) is 11.5 Å². The van der Waals surface area contributed by atoms with Crippen molar-refractivity contribution >= 4 is 11.9 Å². The van der Waals surface area contributed by atoms with Crippen molar-refractivity contribution in [2.75, 3.05) is 40.5 Å². The van der Waals surface area contributed by atoms with Gasteiger partial charge in [-0.25, -0.2) is 0 Å². The lowest BCUT2D eigenvalue weighted by Crippen LogP contribution is -2.35. The van der Waals surface area contributed by atoms with E-state index in [-0.39, 0.29) is 5.78 Å². The molecule has 0 aliphatic carbocycles. The van der Waals surface area contributed by atoms with E-state index in [2.05, 4.69) is 11.0 Å². The third-order valence-electron chi connectivity index (χ3n) is 4.60. The highest BCUT2D eigenvalue weighted by molar-refractivity contribution is 6.08. The van der Waals surface area contributed by atoms with E-state index in [0.29, 0.717) is 11.3 Å². The SMILES string of the molecule is COc1ccc(/C=C/C(=O)c2ccccc2OC)cc1CN1CCOCC1. The summed E-state index contributed by atoms with van der Waals surface area (Å²) < 4.78 is 16.2. The molecule has 0 unspecified atom stereocenters. The first kappa shape index (κ1) is 19.1. The van der Waals surface area contributed by atoms with Crippen LogP contribution in [0.5, 0.6) is 11.5 Å². The molecule has 1 heterocycles. The summed E-state index contributed by atoms with van der Waals surface area (Å²) in [5.41, 5.74) is 2.62. The van der Waals surface area contributed by atoms with Gasteiger partial charge in [-0.1, -0.05) is 24.3 Å². The first-order valence-electron chi connectivity index (χ1n) is 9.03. The number of hydrogen-bond donors (Lipinski definition) is 0. The van der Waals surface area contributed by atoms with Gasteiger partial charge in [0, 0.05) is 25.2 Å². The van der Waals surface area contributed by atoms with Gasteiger partial charge in [-0.15, -0.1) is 0 Å². The van der Waals surface area contributed by atoms with Gasteiger partial charge in [0.1, 0.15) is 11.5 Å². The maximum atomic E-state index is 12.5. The van der Waals surface area contributed by atoms with Crippen LogP contribution in [0.4, 0.5) is 0 Å². The normalized spacial score (nSPS) is 15.0. The van der Waals surface area contributed by atoms with Crippen LogP contribution < -0.4 is 9.47 Å². The van der Waals surface area contributed by atoms with Crippen molar-refractivity contribution in [2.45, 2.75) is 6.54 Å². The van der Waals surface area contributed by atoms with Gasteiger partial charge in [-0.2, -0.15) is 0 Å². The van der Waals surface area contributed by atoms with Crippen LogP contribution in [-0.2, 0) is 11.3 Å². The Labute approximate surface area is 160 Å². The molecule has 1 fully saturated rings. The molecular weight excluding hydrogens is 342 g/mol. The highest BCUT2D eigenvalue weighted by atomic mass is 16.5. The van der Waals surface area contributed by atoms with Gasteiger partial charge in [-0.05, 0) is 35.9 Å². The summed E-state index contributed by atoms with van der Waals surface area (Å²) in [4.78, 5) is 14.9. The highest BCUT2D eigenvalue weighted by Crippen LogP contribution is 2.23. The lowest BCUT2D eigenvalue weighted by atomic mass is 10.1. The standard InChI is InChI=1S/C22H25NO4/c1-25-21-10-8-17(15-18(21)16-23-11-13-27-14-12-23)7-9-20(24)19-5-3-4-6-22(19)26-2/h3-10,15H,11-14,16H2,1-2H3/b9-7+. The number of carbonyl (C=O) groups is 1. The molecule has 1 saturated heterocycles. The van der Waals surface area contributed by atoms with Crippen LogP contribution in [0.3, 0.4) is 0 Å². The lowest BCUT2D eigenvalue weighted by molar-refractivity contribution is 0.0339. The van der Waals surface area contributed by atoms with Gasteiger partial charge in [-0.3, -0.25) is 9.69 Å². The predicted molar refractivity (Wildman–Crippen MR) is 105 cm³/mol. The van der Waals surface area contributed by atoms with Crippen molar-refractivity contribution in [1.82, 2.24) is 4.90 Å². The van der Waals surface area contributed by atoms with Gasteiger partial charge >= 0.3 is 0 Å². The van der Waals surface area contributed by atoms with Gasteiger partial charge < -0.3 is 14.2 Å². The number of methoxy groups -OCH3 is 2. The highest BCUT2D eigenvalue weighted by Gasteiger charge is 2.14. The fourth-order valence-electron chi connectivity index (χ4n) is 3.14. The Balaban J connectivity index is 1.77. The lowest BCUT2D eigenvalue weighted by Gasteiger charge is -2.27. The fraction of sp³-hybridized carbons (Fsp3) is 0.318. The maximum absolute atomic E-state index is 12.5. The zero-order valence-electron chi connectivity index (χ0n) is 15.8. The molecule has 142 valence electrons. The third-order valence-corrected chi connectivity index (χ3v) is 4.60. The number of ether oxygens (including phenoxy) is 3. The average molecular weight is 367 g/mol. The number of para-hydroxylation sites is 1. The Morgan fingerprint density at radius 3 is 2.56 bits per heavy atom. The van der Waals surface area contributed by atoms with E-state index < -0.39 is 0 Å². The van der Waals surface area contributed by atoms with E-state index in [4.69, 9.17) is 14.2 Å². The molecule has 3 rings (SSSR count). The first-order valence-corrected chi connectivity index (χ1v) is 9.03. The van der Waals surface area contributed by atoms with Gasteiger partial charge in [0.2, 0.25) is 0 Å². The second-order valence-corrected chi connectivity index (χ2v) is 6.36. The molecule has 5 nitrogen and oxygen atoms in total. The molecule has 0 atom stereocenters. The summed E-state index contributed by atoms with van der Waals surface area (Å²) in [5.74, 6) is 1.35. The van der Waals surface area contributed by atoms with Crippen molar-refractivity contribution in [3.05, 3.63) is 65.2 Å². The minimum Gasteiger partial charge on any atom is -0.496 e. The summed E-state index contributed by atoms with van der Waals surface area (Å²) in [6.45, 7) is 4.14. The summed E-state index contributed by atoms with van der Waals surface area (Å²) >= 11 is 0. The van der Waals surface area contributed by atoms with Crippen molar-refractivity contribution in [2.24, 2.45) is 0 Å². The van der Waals surface area contributed by atoms with E-state index in [1.165, 1.54) is 0 Å². The number of carbonyl (C=O) groups excluding carboxylic acids is 1. The van der Waals surface area contributed by atoms with E-state index in [0.717, 1.165) is 49.7 Å². The molecule has 0 radical (unpaired) electrons. The number of nitrogens with zero attached hydrogens (tertiary/aromatic N) is 1. The Bertz CT molecular complexity index is 810. The molecule has 27 heavy (non-hydrogen) atoms. The zero-order valence-corrected chi connectivity index (χ0v) is 15.8. The zero-order chi connectivity index (χ0) is 19.1.